The van der Waals surface area contributed by atoms with Gasteiger partial charge in [0.25, 0.3) is 0 Å². The van der Waals surface area contributed by atoms with E-state index in [-0.39, 0.29) is 17.7 Å². The fourth-order valence-corrected chi connectivity index (χ4v) is 0.770. The fourth-order valence-electron chi connectivity index (χ4n) is 0.770. The van der Waals surface area contributed by atoms with Gasteiger partial charge in [-0.15, -0.1) is 0 Å². The first-order valence-corrected chi connectivity index (χ1v) is 3.65. The Bertz CT molecular complexity index is 425. The minimum Gasteiger partial charge on any atom is -0.476 e. The van der Waals surface area contributed by atoms with Crippen molar-refractivity contribution < 1.29 is 14.7 Å². The van der Waals surface area contributed by atoms with Crippen molar-refractivity contribution in [2.75, 3.05) is 0 Å². The molecule has 0 saturated heterocycles. The van der Waals surface area contributed by atoms with Crippen LogP contribution in [0, 0.1) is 11.8 Å². The summed E-state index contributed by atoms with van der Waals surface area (Å²) in [6, 6.07) is 0. The van der Waals surface area contributed by atoms with Crippen LogP contribution >= 0.6 is 0 Å². The van der Waals surface area contributed by atoms with Crippen LogP contribution in [0.3, 0.4) is 0 Å². The monoisotopic (exact) mass is 193 g/mol. The summed E-state index contributed by atoms with van der Waals surface area (Å²) in [7, 11) is 0. The van der Waals surface area contributed by atoms with Gasteiger partial charge in [-0.25, -0.2) is 4.79 Å². The van der Waals surface area contributed by atoms with Crippen molar-refractivity contribution in [1.82, 2.24) is 10.2 Å². The van der Waals surface area contributed by atoms with E-state index < -0.39 is 11.9 Å². The molecule has 0 aliphatic rings. The number of primary amides is 1. The molecular weight excluding hydrogens is 186 g/mol. The Hall–Kier alpha value is -2.29. The minimum absolute atomic E-state index is 0.0954. The van der Waals surface area contributed by atoms with Gasteiger partial charge in [0, 0.05) is 0 Å². The summed E-state index contributed by atoms with van der Waals surface area (Å²) in [6.45, 7) is 0. The van der Waals surface area contributed by atoms with E-state index in [1.54, 1.807) is 0 Å². The van der Waals surface area contributed by atoms with Gasteiger partial charge in [0.2, 0.25) is 5.91 Å². The second kappa shape index (κ2) is 4.09. The van der Waals surface area contributed by atoms with Crippen molar-refractivity contribution in [3.8, 4) is 11.8 Å². The summed E-state index contributed by atoms with van der Waals surface area (Å²) < 4.78 is 0. The van der Waals surface area contributed by atoms with Gasteiger partial charge in [0.05, 0.1) is 18.2 Å². The Kier molecular flexibility index (Phi) is 2.86. The summed E-state index contributed by atoms with van der Waals surface area (Å²) in [6.07, 6.45) is 1.17. The quantitative estimate of drug-likeness (QED) is 0.541. The number of nitrogens with zero attached hydrogens (tertiary/aromatic N) is 1. The highest BCUT2D eigenvalue weighted by Gasteiger charge is 2.09. The number of carbonyl (C=O) groups excluding carboxylic acids is 1. The number of nitrogens with one attached hydrogen (secondary N) is 1. The van der Waals surface area contributed by atoms with Crippen molar-refractivity contribution >= 4 is 11.9 Å². The molecule has 1 aromatic heterocycles. The van der Waals surface area contributed by atoms with Crippen molar-refractivity contribution in [3.05, 3.63) is 17.5 Å². The van der Waals surface area contributed by atoms with E-state index in [9.17, 15) is 9.59 Å². The molecule has 0 unspecified atom stereocenters. The van der Waals surface area contributed by atoms with Crippen molar-refractivity contribution in [2.45, 2.75) is 6.42 Å². The summed E-state index contributed by atoms with van der Waals surface area (Å²) in [5.41, 5.74) is 4.99. The van der Waals surface area contributed by atoms with Gasteiger partial charge in [0.1, 0.15) is 0 Å². The maximum Gasteiger partial charge on any atom is 0.355 e. The third-order valence-corrected chi connectivity index (χ3v) is 1.34. The van der Waals surface area contributed by atoms with Gasteiger partial charge in [-0.05, 0) is 0 Å². The Morgan fingerprint density at radius 3 is 2.93 bits per heavy atom. The van der Waals surface area contributed by atoms with Gasteiger partial charge in [-0.2, -0.15) is 5.10 Å². The van der Waals surface area contributed by atoms with Crippen LogP contribution in [-0.2, 0) is 4.79 Å². The van der Waals surface area contributed by atoms with Crippen LogP contribution in [0.5, 0.6) is 0 Å². The average Bonchev–Trinajstić information content (AvgIpc) is 2.51. The van der Waals surface area contributed by atoms with Gasteiger partial charge in [0.15, 0.2) is 5.69 Å². The molecule has 0 aliphatic heterocycles. The molecule has 14 heavy (non-hydrogen) atoms. The molecule has 1 rings (SSSR count). The van der Waals surface area contributed by atoms with Crippen molar-refractivity contribution in [2.24, 2.45) is 5.73 Å². The van der Waals surface area contributed by atoms with E-state index in [0.717, 1.165) is 0 Å². The number of amides is 1. The standard InChI is InChI=1S/C8H7N3O3/c9-6(12)3-1-2-5-4-10-11-7(5)8(13)14/h4H,3H2,(H2,9,12)(H,10,11)(H,13,14). The number of carbonyl (C=O) groups is 2. The number of aromatic nitrogens is 2. The molecule has 0 aromatic carbocycles. The van der Waals surface area contributed by atoms with Gasteiger partial charge >= 0.3 is 5.97 Å². The maximum absolute atomic E-state index is 10.5. The number of hydrogen-bond acceptors (Lipinski definition) is 3. The lowest BCUT2D eigenvalue weighted by atomic mass is 10.2. The number of aromatic carboxylic acids is 1. The maximum atomic E-state index is 10.5. The smallest absolute Gasteiger partial charge is 0.355 e. The Morgan fingerprint density at radius 1 is 1.64 bits per heavy atom. The second-order valence-electron chi connectivity index (χ2n) is 2.41. The van der Waals surface area contributed by atoms with E-state index in [0.29, 0.717) is 0 Å². The van der Waals surface area contributed by atoms with E-state index in [1.165, 1.54) is 6.20 Å². The first-order valence-electron chi connectivity index (χ1n) is 3.65. The zero-order chi connectivity index (χ0) is 10.6. The largest absolute Gasteiger partial charge is 0.476 e. The molecule has 6 heteroatoms. The zero-order valence-electron chi connectivity index (χ0n) is 7.07. The molecule has 0 saturated carbocycles. The highest BCUT2D eigenvalue weighted by Crippen LogP contribution is 2.01. The predicted molar refractivity (Wildman–Crippen MR) is 46.2 cm³/mol. The highest BCUT2D eigenvalue weighted by atomic mass is 16.4. The number of aromatic amines is 1. The summed E-state index contributed by atoms with van der Waals surface area (Å²) in [5, 5.41) is 14.4. The lowest BCUT2D eigenvalue weighted by molar-refractivity contribution is -0.117. The van der Waals surface area contributed by atoms with Gasteiger partial charge < -0.3 is 10.8 Å². The molecule has 0 aliphatic carbocycles. The Morgan fingerprint density at radius 2 is 2.36 bits per heavy atom. The Balaban J connectivity index is 2.84. The van der Waals surface area contributed by atoms with Gasteiger partial charge in [-0.3, -0.25) is 9.89 Å². The number of carboxylic acid groups (broad SMARTS) is 1. The van der Waals surface area contributed by atoms with E-state index in [4.69, 9.17) is 10.8 Å². The van der Waals surface area contributed by atoms with Crippen LogP contribution in [0.4, 0.5) is 0 Å². The topological polar surface area (TPSA) is 109 Å². The number of hydrogen-bond donors (Lipinski definition) is 3. The van der Waals surface area contributed by atoms with Gasteiger partial charge in [-0.1, -0.05) is 11.8 Å². The van der Waals surface area contributed by atoms with Crippen LogP contribution in [0.1, 0.15) is 22.5 Å². The number of nitrogens with two attached hydrogens (primary N) is 1. The molecule has 0 spiro atoms. The summed E-state index contributed by atoms with van der Waals surface area (Å²) in [4.78, 5) is 20.9. The first-order chi connectivity index (χ1) is 6.61. The van der Waals surface area contributed by atoms with Crippen LogP contribution < -0.4 is 5.73 Å². The molecule has 4 N–H and O–H groups in total. The van der Waals surface area contributed by atoms with E-state index in [1.807, 2.05) is 0 Å². The van der Waals surface area contributed by atoms with E-state index in [2.05, 4.69) is 22.0 Å². The average molecular weight is 193 g/mol. The zero-order valence-corrected chi connectivity index (χ0v) is 7.07. The first kappa shape index (κ1) is 9.80. The van der Waals surface area contributed by atoms with Crippen LogP contribution in [0.25, 0.3) is 0 Å². The normalized spacial score (nSPS) is 8.86. The molecule has 1 amide bonds. The van der Waals surface area contributed by atoms with Crippen LogP contribution in [0.15, 0.2) is 6.20 Å². The molecule has 72 valence electrons. The number of carboxylic acids is 1. The lowest BCUT2D eigenvalue weighted by Gasteiger charge is -1.86. The summed E-state index contributed by atoms with van der Waals surface area (Å²) >= 11 is 0. The predicted octanol–water partition coefficient (Wildman–Crippen LogP) is -0.665. The van der Waals surface area contributed by atoms with Crippen LogP contribution in [-0.4, -0.2) is 27.2 Å². The SMILES string of the molecule is NC(=O)CC#Cc1cn[nH]c1C(=O)O. The van der Waals surface area contributed by atoms with Crippen molar-refractivity contribution in [3.63, 3.8) is 0 Å². The minimum atomic E-state index is -1.15. The molecule has 1 heterocycles. The molecular formula is C8H7N3O3. The highest BCUT2D eigenvalue weighted by molar-refractivity contribution is 5.88. The van der Waals surface area contributed by atoms with Crippen molar-refractivity contribution in [1.29, 1.82) is 0 Å². The number of H-pyrrole nitrogens is 1. The third-order valence-electron chi connectivity index (χ3n) is 1.34. The lowest BCUT2D eigenvalue weighted by Crippen LogP contribution is -2.08. The second-order valence-corrected chi connectivity index (χ2v) is 2.41. The van der Waals surface area contributed by atoms with Crippen LogP contribution in [0.2, 0.25) is 0 Å². The summed E-state index contributed by atoms with van der Waals surface area (Å²) in [5.74, 6) is 3.21. The number of rotatable bonds is 2. The molecule has 0 bridgehead atoms. The molecule has 1 aromatic rings. The fraction of sp³-hybridized carbons (Fsp3) is 0.125. The molecule has 0 radical (unpaired) electrons. The molecule has 6 nitrogen and oxygen atoms in total. The Labute approximate surface area is 79.1 Å². The molecule has 0 fully saturated rings. The van der Waals surface area contributed by atoms with E-state index >= 15 is 0 Å². The third kappa shape index (κ3) is 2.35. The molecule has 0 atom stereocenters.